The first-order valence-corrected chi connectivity index (χ1v) is 4.66. The van der Waals surface area contributed by atoms with Gasteiger partial charge in [0, 0.05) is 0 Å². The molecular formula is C11H13FN2. The summed E-state index contributed by atoms with van der Waals surface area (Å²) in [5, 5.41) is 1.56. The van der Waals surface area contributed by atoms with E-state index in [1.54, 1.807) is 6.92 Å². The zero-order chi connectivity index (χ0) is 10.4. The number of nitrogens with zero attached hydrogens (tertiary/aromatic N) is 2. The number of alkyl halides is 1. The summed E-state index contributed by atoms with van der Waals surface area (Å²) in [4.78, 5) is 8.63. The van der Waals surface area contributed by atoms with Gasteiger partial charge in [0.2, 0.25) is 0 Å². The molecule has 0 unspecified atom stereocenters. The molecule has 1 aromatic carbocycles. The monoisotopic (exact) mass is 192 g/mol. The van der Waals surface area contributed by atoms with Crippen molar-refractivity contribution in [3.63, 3.8) is 0 Å². The molecule has 1 heterocycles. The molecule has 2 nitrogen and oxygen atoms in total. The van der Waals surface area contributed by atoms with Gasteiger partial charge in [-0.2, -0.15) is 0 Å². The van der Waals surface area contributed by atoms with Gasteiger partial charge >= 0.3 is 0 Å². The zero-order valence-corrected chi connectivity index (χ0v) is 8.58. The van der Waals surface area contributed by atoms with E-state index in [0.29, 0.717) is 0 Å². The molecule has 0 N–H and O–H groups in total. The van der Waals surface area contributed by atoms with Crippen LogP contribution < -0.4 is 10.7 Å². The zero-order valence-electron chi connectivity index (χ0n) is 8.58. The lowest BCUT2D eigenvalue weighted by atomic mass is 9.96. The molecule has 0 spiro atoms. The van der Waals surface area contributed by atoms with E-state index in [4.69, 9.17) is 0 Å². The van der Waals surface area contributed by atoms with Crippen molar-refractivity contribution in [3.05, 3.63) is 35.0 Å². The second kappa shape index (κ2) is 2.62. The van der Waals surface area contributed by atoms with Crippen LogP contribution in [-0.4, -0.2) is 11.3 Å². The van der Waals surface area contributed by atoms with E-state index in [-0.39, 0.29) is 0 Å². The number of hydrogen-bond acceptors (Lipinski definition) is 2. The molecule has 0 saturated heterocycles. The van der Waals surface area contributed by atoms with E-state index in [2.05, 4.69) is 9.98 Å². The Hall–Kier alpha value is -1.25. The Kier molecular flexibility index (Phi) is 1.74. The van der Waals surface area contributed by atoms with Crippen molar-refractivity contribution < 1.29 is 4.39 Å². The van der Waals surface area contributed by atoms with Crippen LogP contribution in [0, 0.1) is 0 Å². The van der Waals surface area contributed by atoms with Gasteiger partial charge in [-0.15, -0.1) is 0 Å². The number of hydrogen-bond donors (Lipinski definition) is 0. The number of benzene rings is 1. The highest BCUT2D eigenvalue weighted by atomic mass is 19.1. The smallest absolute Gasteiger partial charge is 0.181 e. The first-order chi connectivity index (χ1) is 6.42. The molecule has 0 radical (unpaired) electrons. The second-order valence-corrected chi connectivity index (χ2v) is 4.21. The van der Waals surface area contributed by atoms with Crippen molar-refractivity contribution in [2.75, 3.05) is 0 Å². The molecule has 0 aromatic heterocycles. The standard InChI is InChI=1S/C11H13FN2/c1-10(2,12)11(3)13-8-6-4-5-7-9(8)14-11/h4-7H,1-3H3. The maximum Gasteiger partial charge on any atom is 0.181 e. The summed E-state index contributed by atoms with van der Waals surface area (Å²) < 4.78 is 13.9. The van der Waals surface area contributed by atoms with Crippen LogP contribution in [0.25, 0.3) is 0 Å². The number of halogens is 1. The molecule has 74 valence electrons. The van der Waals surface area contributed by atoms with Crippen molar-refractivity contribution in [2.24, 2.45) is 9.98 Å². The van der Waals surface area contributed by atoms with E-state index in [1.165, 1.54) is 13.8 Å². The maximum atomic E-state index is 13.9. The maximum absolute atomic E-state index is 13.9. The van der Waals surface area contributed by atoms with E-state index in [1.807, 2.05) is 24.3 Å². The van der Waals surface area contributed by atoms with Gasteiger partial charge in [0.1, 0.15) is 5.67 Å². The van der Waals surface area contributed by atoms with Gasteiger partial charge in [-0.25, -0.2) is 4.39 Å². The Morgan fingerprint density at radius 3 is 1.93 bits per heavy atom. The fourth-order valence-corrected chi connectivity index (χ4v) is 1.41. The largest absolute Gasteiger partial charge is 0.250 e. The summed E-state index contributed by atoms with van der Waals surface area (Å²) >= 11 is 0. The third-order valence-corrected chi connectivity index (χ3v) is 2.68. The Labute approximate surface area is 82.2 Å². The van der Waals surface area contributed by atoms with Crippen LogP contribution in [0.15, 0.2) is 34.3 Å². The molecule has 1 aromatic rings. The highest BCUT2D eigenvalue weighted by Gasteiger charge is 2.42. The highest BCUT2D eigenvalue weighted by Crippen LogP contribution is 2.30. The van der Waals surface area contributed by atoms with Crippen molar-refractivity contribution in [3.8, 4) is 0 Å². The number of rotatable bonds is 1. The van der Waals surface area contributed by atoms with Crippen LogP contribution >= 0.6 is 0 Å². The summed E-state index contributed by atoms with van der Waals surface area (Å²) in [5.41, 5.74) is -2.41. The Balaban J connectivity index is 2.65. The normalized spacial score (nSPS) is 18.3. The predicted molar refractivity (Wildman–Crippen MR) is 52.3 cm³/mol. The first-order valence-electron chi connectivity index (χ1n) is 4.66. The minimum absolute atomic E-state index is 0.778. The van der Waals surface area contributed by atoms with Gasteiger partial charge in [0.05, 0.1) is 10.7 Å². The third kappa shape index (κ3) is 1.24. The van der Waals surface area contributed by atoms with Crippen LogP contribution in [0.5, 0.6) is 0 Å². The predicted octanol–water partition coefficient (Wildman–Crippen LogP) is 1.40. The molecule has 1 aliphatic heterocycles. The van der Waals surface area contributed by atoms with Crippen molar-refractivity contribution in [1.82, 2.24) is 0 Å². The van der Waals surface area contributed by atoms with Crippen LogP contribution in [0.3, 0.4) is 0 Å². The fourth-order valence-electron chi connectivity index (χ4n) is 1.41. The van der Waals surface area contributed by atoms with Gasteiger partial charge < -0.3 is 0 Å². The lowest BCUT2D eigenvalue weighted by Gasteiger charge is -2.28. The summed E-state index contributed by atoms with van der Waals surface area (Å²) in [6, 6.07) is 7.48. The molecule has 0 fully saturated rings. The average molecular weight is 192 g/mol. The van der Waals surface area contributed by atoms with Gasteiger partial charge in [-0.3, -0.25) is 9.98 Å². The molecule has 2 rings (SSSR count). The first kappa shape index (κ1) is 9.31. The average Bonchev–Trinajstić information content (AvgIpc) is 2.40. The van der Waals surface area contributed by atoms with Crippen LogP contribution in [0.1, 0.15) is 20.8 Å². The molecule has 0 bridgehead atoms. The summed E-state index contributed by atoms with van der Waals surface area (Å²) in [6.07, 6.45) is 0. The van der Waals surface area contributed by atoms with E-state index < -0.39 is 11.3 Å². The van der Waals surface area contributed by atoms with Gasteiger partial charge in [-0.05, 0) is 32.9 Å². The molecule has 0 atom stereocenters. The van der Waals surface area contributed by atoms with Gasteiger partial charge in [0.25, 0.3) is 0 Å². The summed E-state index contributed by atoms with van der Waals surface area (Å²) in [6.45, 7) is 4.73. The lowest BCUT2D eigenvalue weighted by Crippen LogP contribution is -2.40. The van der Waals surface area contributed by atoms with Crippen LogP contribution in [0.2, 0.25) is 0 Å². The topological polar surface area (TPSA) is 24.7 Å². The molecule has 0 aliphatic carbocycles. The van der Waals surface area contributed by atoms with Crippen molar-refractivity contribution in [1.29, 1.82) is 0 Å². The molecule has 0 amide bonds. The lowest BCUT2D eigenvalue weighted by molar-refractivity contribution is 0.113. The second-order valence-electron chi connectivity index (χ2n) is 4.21. The van der Waals surface area contributed by atoms with Crippen LogP contribution in [-0.2, 0) is 0 Å². The van der Waals surface area contributed by atoms with E-state index in [9.17, 15) is 4.39 Å². The molecular weight excluding hydrogens is 179 g/mol. The highest BCUT2D eigenvalue weighted by molar-refractivity contribution is 5.10. The number of para-hydroxylation sites is 2. The van der Waals surface area contributed by atoms with E-state index in [0.717, 1.165) is 10.7 Å². The Morgan fingerprint density at radius 2 is 1.57 bits per heavy atom. The molecule has 14 heavy (non-hydrogen) atoms. The fraction of sp³-hybridized carbons (Fsp3) is 0.455. The Bertz CT molecular complexity index is 436. The van der Waals surface area contributed by atoms with Crippen molar-refractivity contribution in [2.45, 2.75) is 32.1 Å². The Morgan fingerprint density at radius 1 is 1.14 bits per heavy atom. The quantitative estimate of drug-likeness (QED) is 0.642. The minimum atomic E-state index is -1.44. The molecule has 3 heteroatoms. The van der Waals surface area contributed by atoms with Gasteiger partial charge in [0.15, 0.2) is 5.66 Å². The van der Waals surface area contributed by atoms with Crippen molar-refractivity contribution >= 4 is 0 Å². The minimum Gasteiger partial charge on any atom is -0.250 e. The third-order valence-electron chi connectivity index (χ3n) is 2.68. The number of fused-ring (bicyclic) bond motifs is 1. The van der Waals surface area contributed by atoms with Gasteiger partial charge in [-0.1, -0.05) is 12.1 Å². The molecule has 1 aliphatic rings. The molecule has 0 saturated carbocycles. The SMILES string of the molecule is CC(C)(F)C1(C)N=c2ccccc2=N1. The van der Waals surface area contributed by atoms with Crippen LogP contribution in [0.4, 0.5) is 4.39 Å². The summed E-state index contributed by atoms with van der Waals surface area (Å²) in [7, 11) is 0. The van der Waals surface area contributed by atoms with E-state index >= 15 is 0 Å². The summed E-state index contributed by atoms with van der Waals surface area (Å²) in [5.74, 6) is 0.